The number of imidazole rings is 1. The van der Waals surface area contributed by atoms with Gasteiger partial charge in [-0.25, -0.2) is 4.98 Å². The molecule has 2 aromatic rings. The summed E-state index contributed by atoms with van der Waals surface area (Å²) >= 11 is 0. The molecule has 90 valence electrons. The molecule has 0 radical (unpaired) electrons. The van der Waals surface area contributed by atoms with E-state index in [1.165, 1.54) is 5.56 Å². The molecule has 1 heterocycles. The summed E-state index contributed by atoms with van der Waals surface area (Å²) < 4.78 is 2.18. The molecule has 3 nitrogen and oxygen atoms in total. The Morgan fingerprint density at radius 3 is 2.35 bits per heavy atom. The van der Waals surface area contributed by atoms with Crippen molar-refractivity contribution in [3.8, 4) is 11.3 Å². The highest BCUT2D eigenvalue weighted by molar-refractivity contribution is 5.59. The molecule has 2 rings (SSSR count). The van der Waals surface area contributed by atoms with E-state index >= 15 is 0 Å². The van der Waals surface area contributed by atoms with E-state index in [1.807, 2.05) is 12.5 Å². The molecular weight excluding hydrogens is 210 g/mol. The quantitative estimate of drug-likeness (QED) is 0.860. The first-order valence-electron chi connectivity index (χ1n) is 5.84. The van der Waals surface area contributed by atoms with Gasteiger partial charge in [0.25, 0.3) is 0 Å². The second kappa shape index (κ2) is 4.34. The normalized spacial score (nSPS) is 11.8. The van der Waals surface area contributed by atoms with Gasteiger partial charge < -0.3 is 10.3 Å². The summed E-state index contributed by atoms with van der Waals surface area (Å²) in [5.74, 6) is 0. The van der Waals surface area contributed by atoms with Crippen LogP contribution in [0.15, 0.2) is 36.8 Å². The Bertz CT molecular complexity index is 489. The summed E-state index contributed by atoms with van der Waals surface area (Å²) in [6.07, 6.45) is 3.79. The Kier molecular flexibility index (Phi) is 3.03. The minimum atomic E-state index is 0.0401. The van der Waals surface area contributed by atoms with Crippen LogP contribution in [0, 0.1) is 0 Å². The molecule has 0 unspecified atom stereocenters. The smallest absolute Gasteiger partial charge is 0.0955 e. The Labute approximate surface area is 102 Å². The molecule has 0 bridgehead atoms. The molecule has 0 fully saturated rings. The van der Waals surface area contributed by atoms with Crippen LogP contribution in [0.1, 0.15) is 26.3 Å². The van der Waals surface area contributed by atoms with Crippen LogP contribution in [0.25, 0.3) is 11.3 Å². The first-order chi connectivity index (χ1) is 8.02. The number of benzene rings is 1. The SMILES string of the molecule is CC(C)(C)n1cncc1-c1ccc(CN)cc1. The van der Waals surface area contributed by atoms with Crippen LogP contribution < -0.4 is 5.73 Å². The van der Waals surface area contributed by atoms with Crippen molar-refractivity contribution in [3.05, 3.63) is 42.4 Å². The van der Waals surface area contributed by atoms with Crippen molar-refractivity contribution < 1.29 is 0 Å². The molecule has 1 aromatic heterocycles. The largest absolute Gasteiger partial charge is 0.326 e. The van der Waals surface area contributed by atoms with Crippen molar-refractivity contribution in [1.82, 2.24) is 9.55 Å². The molecule has 1 aromatic carbocycles. The molecule has 0 atom stereocenters. The van der Waals surface area contributed by atoms with Gasteiger partial charge in [0.15, 0.2) is 0 Å². The molecule has 0 amide bonds. The summed E-state index contributed by atoms with van der Waals surface area (Å²) in [6.45, 7) is 7.10. The summed E-state index contributed by atoms with van der Waals surface area (Å²) in [7, 11) is 0. The van der Waals surface area contributed by atoms with Gasteiger partial charge in [0.1, 0.15) is 0 Å². The van der Waals surface area contributed by atoms with Gasteiger partial charge in [-0.1, -0.05) is 24.3 Å². The number of rotatable bonds is 2. The van der Waals surface area contributed by atoms with E-state index in [0.29, 0.717) is 6.54 Å². The third kappa shape index (κ3) is 2.39. The lowest BCUT2D eigenvalue weighted by Crippen LogP contribution is -2.21. The molecule has 0 saturated heterocycles. The maximum Gasteiger partial charge on any atom is 0.0955 e. The third-order valence-corrected chi connectivity index (χ3v) is 2.85. The molecular formula is C14H19N3. The lowest BCUT2D eigenvalue weighted by molar-refractivity contribution is 0.400. The number of hydrogen-bond acceptors (Lipinski definition) is 2. The first kappa shape index (κ1) is 11.9. The van der Waals surface area contributed by atoms with E-state index in [1.54, 1.807) is 0 Å². The predicted molar refractivity (Wildman–Crippen MR) is 70.6 cm³/mol. The highest BCUT2D eigenvalue weighted by atomic mass is 15.1. The zero-order valence-corrected chi connectivity index (χ0v) is 10.6. The third-order valence-electron chi connectivity index (χ3n) is 2.85. The van der Waals surface area contributed by atoms with Gasteiger partial charge in [0.2, 0.25) is 0 Å². The van der Waals surface area contributed by atoms with Gasteiger partial charge in [-0.15, -0.1) is 0 Å². The van der Waals surface area contributed by atoms with Crippen LogP contribution >= 0.6 is 0 Å². The summed E-state index contributed by atoms with van der Waals surface area (Å²) in [5, 5.41) is 0. The van der Waals surface area contributed by atoms with Crippen LogP contribution in [-0.4, -0.2) is 9.55 Å². The molecule has 0 aliphatic rings. The number of aromatic nitrogens is 2. The zero-order chi connectivity index (χ0) is 12.5. The summed E-state index contributed by atoms with van der Waals surface area (Å²) in [4.78, 5) is 4.25. The van der Waals surface area contributed by atoms with E-state index in [9.17, 15) is 0 Å². The predicted octanol–water partition coefficient (Wildman–Crippen LogP) is 2.76. The van der Waals surface area contributed by atoms with Crippen LogP contribution in [0.4, 0.5) is 0 Å². The van der Waals surface area contributed by atoms with E-state index in [2.05, 4.69) is 54.6 Å². The van der Waals surface area contributed by atoms with E-state index in [4.69, 9.17) is 5.73 Å². The van der Waals surface area contributed by atoms with E-state index in [0.717, 1.165) is 11.3 Å². The standard InChI is InChI=1S/C14H19N3/c1-14(2,3)17-10-16-9-13(17)12-6-4-11(8-15)5-7-12/h4-7,9-10H,8,15H2,1-3H3. The monoisotopic (exact) mass is 229 g/mol. The molecule has 17 heavy (non-hydrogen) atoms. The van der Waals surface area contributed by atoms with Crippen molar-refractivity contribution in [1.29, 1.82) is 0 Å². The summed E-state index contributed by atoms with van der Waals surface area (Å²) in [6, 6.07) is 8.33. The fourth-order valence-corrected chi connectivity index (χ4v) is 1.85. The maximum absolute atomic E-state index is 5.60. The van der Waals surface area contributed by atoms with Crippen molar-refractivity contribution in [3.63, 3.8) is 0 Å². The van der Waals surface area contributed by atoms with Gasteiger partial charge in [0.05, 0.1) is 18.2 Å². The molecule has 3 heteroatoms. The van der Waals surface area contributed by atoms with E-state index < -0.39 is 0 Å². The topological polar surface area (TPSA) is 43.8 Å². The minimum absolute atomic E-state index is 0.0401. The summed E-state index contributed by atoms with van der Waals surface area (Å²) in [5.41, 5.74) is 9.10. The van der Waals surface area contributed by atoms with E-state index in [-0.39, 0.29) is 5.54 Å². The fourth-order valence-electron chi connectivity index (χ4n) is 1.85. The molecule has 0 aliphatic heterocycles. The van der Waals surface area contributed by atoms with Gasteiger partial charge >= 0.3 is 0 Å². The highest BCUT2D eigenvalue weighted by Gasteiger charge is 2.16. The van der Waals surface area contributed by atoms with Crippen LogP contribution in [0.3, 0.4) is 0 Å². The second-order valence-electron chi connectivity index (χ2n) is 5.22. The van der Waals surface area contributed by atoms with Crippen molar-refractivity contribution in [2.75, 3.05) is 0 Å². The van der Waals surface area contributed by atoms with Crippen molar-refractivity contribution in [2.45, 2.75) is 32.9 Å². The zero-order valence-electron chi connectivity index (χ0n) is 10.6. The number of nitrogens with two attached hydrogens (primary N) is 1. The van der Waals surface area contributed by atoms with Crippen molar-refractivity contribution >= 4 is 0 Å². The lowest BCUT2D eigenvalue weighted by atomic mass is 10.1. The molecule has 2 N–H and O–H groups in total. The van der Waals surface area contributed by atoms with Gasteiger partial charge in [-0.05, 0) is 31.9 Å². The van der Waals surface area contributed by atoms with Crippen LogP contribution in [0.5, 0.6) is 0 Å². The fraction of sp³-hybridized carbons (Fsp3) is 0.357. The Hall–Kier alpha value is -1.61. The first-order valence-corrected chi connectivity index (χ1v) is 5.84. The average Bonchev–Trinajstić information content (AvgIpc) is 2.78. The number of nitrogens with zero attached hydrogens (tertiary/aromatic N) is 2. The number of hydrogen-bond donors (Lipinski definition) is 1. The molecule has 0 saturated carbocycles. The highest BCUT2D eigenvalue weighted by Crippen LogP contribution is 2.25. The van der Waals surface area contributed by atoms with Crippen LogP contribution in [-0.2, 0) is 12.1 Å². The van der Waals surface area contributed by atoms with Crippen molar-refractivity contribution in [2.24, 2.45) is 5.73 Å². The Morgan fingerprint density at radius 1 is 1.18 bits per heavy atom. The lowest BCUT2D eigenvalue weighted by Gasteiger charge is -2.23. The Balaban J connectivity index is 2.43. The second-order valence-corrected chi connectivity index (χ2v) is 5.22. The Morgan fingerprint density at radius 2 is 1.82 bits per heavy atom. The van der Waals surface area contributed by atoms with Gasteiger partial charge in [-0.3, -0.25) is 0 Å². The maximum atomic E-state index is 5.60. The molecule has 0 spiro atoms. The minimum Gasteiger partial charge on any atom is -0.326 e. The van der Waals surface area contributed by atoms with Gasteiger partial charge in [0, 0.05) is 12.1 Å². The van der Waals surface area contributed by atoms with Crippen LogP contribution in [0.2, 0.25) is 0 Å². The van der Waals surface area contributed by atoms with Gasteiger partial charge in [-0.2, -0.15) is 0 Å². The average molecular weight is 229 g/mol. The molecule has 0 aliphatic carbocycles.